The molecule has 0 aliphatic heterocycles. The minimum Gasteiger partial charge on any atom is -0.493 e. The topological polar surface area (TPSA) is 35.2 Å². The molecule has 0 bridgehead atoms. The molecule has 2 atom stereocenters. The van der Waals surface area contributed by atoms with Crippen LogP contribution in [0.25, 0.3) is 0 Å². The van der Waals surface area contributed by atoms with Crippen molar-refractivity contribution >= 4 is 0 Å². The molecule has 0 saturated heterocycles. The first kappa shape index (κ1) is 12.2. The summed E-state index contributed by atoms with van der Waals surface area (Å²) in [6.07, 6.45) is 1.12. The average Bonchev–Trinajstić information content (AvgIpc) is 2.40. The second kappa shape index (κ2) is 5.06. The van der Waals surface area contributed by atoms with E-state index in [1.807, 2.05) is 31.2 Å². The van der Waals surface area contributed by atoms with Gasteiger partial charge in [0.1, 0.15) is 5.75 Å². The van der Waals surface area contributed by atoms with Gasteiger partial charge < -0.3 is 10.5 Å². The van der Waals surface area contributed by atoms with Crippen molar-refractivity contribution in [3.8, 4) is 5.75 Å². The van der Waals surface area contributed by atoms with Crippen LogP contribution in [-0.2, 0) is 6.42 Å². The fraction of sp³-hybridized carbons (Fsp3) is 0.294. The number of hydrogen-bond donors (Lipinski definition) is 1. The maximum Gasteiger partial charge on any atom is 0.124 e. The van der Waals surface area contributed by atoms with Gasteiger partial charge in [-0.15, -0.1) is 0 Å². The van der Waals surface area contributed by atoms with Gasteiger partial charge in [0, 0.05) is 17.5 Å². The third-order valence-corrected chi connectivity index (χ3v) is 3.81. The van der Waals surface area contributed by atoms with Crippen molar-refractivity contribution in [2.45, 2.75) is 25.3 Å². The molecule has 0 aromatic heterocycles. The molecular weight excluding hydrogens is 234 g/mol. The molecule has 0 radical (unpaired) electrons. The Labute approximate surface area is 114 Å². The molecule has 1 aliphatic carbocycles. The van der Waals surface area contributed by atoms with E-state index in [1.54, 1.807) is 0 Å². The van der Waals surface area contributed by atoms with Gasteiger partial charge >= 0.3 is 0 Å². The van der Waals surface area contributed by atoms with Crippen LogP contribution >= 0.6 is 0 Å². The first-order chi connectivity index (χ1) is 9.25. The molecule has 1 aliphatic rings. The summed E-state index contributed by atoms with van der Waals surface area (Å²) in [4.78, 5) is 0. The van der Waals surface area contributed by atoms with E-state index < -0.39 is 0 Å². The third kappa shape index (κ3) is 2.36. The molecule has 2 heteroatoms. The van der Waals surface area contributed by atoms with E-state index in [2.05, 4.69) is 24.3 Å². The highest BCUT2D eigenvalue weighted by molar-refractivity contribution is 5.41. The predicted octanol–water partition coefficient (Wildman–Crippen LogP) is 3.43. The largest absolute Gasteiger partial charge is 0.493 e. The number of fused-ring (bicyclic) bond motifs is 1. The third-order valence-electron chi connectivity index (χ3n) is 3.81. The Morgan fingerprint density at radius 1 is 1.16 bits per heavy atom. The standard InChI is InChI=1S/C17H19NO/c1-12(18)15-7-4-5-9-17(15)19-11-14-10-13-6-2-3-8-16(13)14/h2-9,12,14H,10-11,18H2,1H3. The lowest BCUT2D eigenvalue weighted by Crippen LogP contribution is -2.23. The van der Waals surface area contributed by atoms with E-state index in [-0.39, 0.29) is 6.04 Å². The number of nitrogens with two attached hydrogens (primary N) is 1. The number of hydrogen-bond acceptors (Lipinski definition) is 2. The molecule has 0 spiro atoms. The SMILES string of the molecule is CC(N)c1ccccc1OCC1Cc2ccccc21. The van der Waals surface area contributed by atoms with Crippen molar-refractivity contribution in [1.82, 2.24) is 0 Å². The van der Waals surface area contributed by atoms with Crippen LogP contribution in [0, 0.1) is 0 Å². The quantitative estimate of drug-likeness (QED) is 0.906. The molecule has 0 heterocycles. The van der Waals surface area contributed by atoms with Crippen molar-refractivity contribution in [2.24, 2.45) is 5.73 Å². The fourth-order valence-corrected chi connectivity index (χ4v) is 2.69. The van der Waals surface area contributed by atoms with E-state index in [0.717, 1.165) is 24.3 Å². The Balaban J connectivity index is 1.69. The Kier molecular flexibility index (Phi) is 3.26. The monoisotopic (exact) mass is 253 g/mol. The minimum absolute atomic E-state index is 0.00452. The first-order valence-electron chi connectivity index (χ1n) is 6.81. The number of ether oxygens (including phenoxy) is 1. The van der Waals surface area contributed by atoms with Crippen molar-refractivity contribution in [1.29, 1.82) is 0 Å². The highest BCUT2D eigenvalue weighted by Crippen LogP contribution is 2.35. The van der Waals surface area contributed by atoms with Crippen LogP contribution in [0.4, 0.5) is 0 Å². The predicted molar refractivity (Wildman–Crippen MR) is 77.4 cm³/mol. The lowest BCUT2D eigenvalue weighted by Gasteiger charge is -2.30. The zero-order valence-corrected chi connectivity index (χ0v) is 11.2. The Morgan fingerprint density at radius 2 is 1.89 bits per heavy atom. The summed E-state index contributed by atoms with van der Waals surface area (Å²) in [6.45, 7) is 2.72. The molecule has 98 valence electrons. The van der Waals surface area contributed by atoms with Gasteiger partial charge in [0.2, 0.25) is 0 Å². The van der Waals surface area contributed by atoms with Gasteiger partial charge in [-0.05, 0) is 30.5 Å². The van der Waals surface area contributed by atoms with Crippen molar-refractivity contribution in [3.63, 3.8) is 0 Å². The van der Waals surface area contributed by atoms with Crippen LogP contribution in [0.3, 0.4) is 0 Å². The van der Waals surface area contributed by atoms with Crippen molar-refractivity contribution in [3.05, 3.63) is 65.2 Å². The normalized spacial score (nSPS) is 18.3. The Hall–Kier alpha value is -1.80. The van der Waals surface area contributed by atoms with Crippen molar-refractivity contribution < 1.29 is 4.74 Å². The molecule has 2 aromatic rings. The molecule has 0 amide bonds. The van der Waals surface area contributed by atoms with E-state index in [0.29, 0.717) is 5.92 Å². The zero-order chi connectivity index (χ0) is 13.2. The molecule has 2 unspecified atom stereocenters. The molecule has 2 N–H and O–H groups in total. The van der Waals surface area contributed by atoms with Gasteiger partial charge in [0.05, 0.1) is 6.61 Å². The van der Waals surface area contributed by atoms with Crippen LogP contribution in [0.5, 0.6) is 5.75 Å². The maximum absolute atomic E-state index is 5.98. The smallest absolute Gasteiger partial charge is 0.124 e. The second-order valence-corrected chi connectivity index (χ2v) is 5.24. The molecule has 19 heavy (non-hydrogen) atoms. The van der Waals surface area contributed by atoms with Crippen LogP contribution in [0.2, 0.25) is 0 Å². The van der Waals surface area contributed by atoms with Gasteiger partial charge in [-0.1, -0.05) is 42.5 Å². The fourth-order valence-electron chi connectivity index (χ4n) is 2.69. The molecule has 0 fully saturated rings. The zero-order valence-electron chi connectivity index (χ0n) is 11.2. The van der Waals surface area contributed by atoms with E-state index in [4.69, 9.17) is 10.5 Å². The highest BCUT2D eigenvalue weighted by atomic mass is 16.5. The number of rotatable bonds is 4. The summed E-state index contributed by atoms with van der Waals surface area (Å²) >= 11 is 0. The summed E-state index contributed by atoms with van der Waals surface area (Å²) in [7, 11) is 0. The number of para-hydroxylation sites is 1. The second-order valence-electron chi connectivity index (χ2n) is 5.24. The average molecular weight is 253 g/mol. The molecule has 2 aromatic carbocycles. The summed E-state index contributed by atoms with van der Waals surface area (Å²) in [5.74, 6) is 1.44. The molecule has 3 rings (SSSR count). The van der Waals surface area contributed by atoms with Gasteiger partial charge in [-0.3, -0.25) is 0 Å². The van der Waals surface area contributed by atoms with Gasteiger partial charge in [-0.2, -0.15) is 0 Å². The molecule has 2 nitrogen and oxygen atoms in total. The van der Waals surface area contributed by atoms with E-state index in [9.17, 15) is 0 Å². The van der Waals surface area contributed by atoms with Gasteiger partial charge in [-0.25, -0.2) is 0 Å². The molecular formula is C17H19NO. The lowest BCUT2D eigenvalue weighted by atomic mass is 9.78. The van der Waals surface area contributed by atoms with Crippen molar-refractivity contribution in [2.75, 3.05) is 6.61 Å². The minimum atomic E-state index is 0.00452. The maximum atomic E-state index is 5.98. The Bertz CT molecular complexity index is 577. The van der Waals surface area contributed by atoms with E-state index >= 15 is 0 Å². The molecule has 0 saturated carbocycles. The van der Waals surface area contributed by atoms with Crippen LogP contribution in [0.1, 0.15) is 35.6 Å². The summed E-state index contributed by atoms with van der Waals surface area (Å²) in [5.41, 5.74) is 9.93. The van der Waals surface area contributed by atoms with Crippen LogP contribution in [0.15, 0.2) is 48.5 Å². The van der Waals surface area contributed by atoms with Crippen LogP contribution < -0.4 is 10.5 Å². The Morgan fingerprint density at radius 3 is 2.68 bits per heavy atom. The summed E-state index contributed by atoms with van der Waals surface area (Å²) < 4.78 is 5.98. The summed E-state index contributed by atoms with van der Waals surface area (Å²) in [5, 5.41) is 0. The number of benzene rings is 2. The van der Waals surface area contributed by atoms with Crippen LogP contribution in [-0.4, -0.2) is 6.61 Å². The first-order valence-corrected chi connectivity index (χ1v) is 6.81. The lowest BCUT2D eigenvalue weighted by molar-refractivity contribution is 0.272. The summed E-state index contributed by atoms with van der Waals surface area (Å²) in [6, 6.07) is 16.6. The van der Waals surface area contributed by atoms with E-state index in [1.165, 1.54) is 11.1 Å². The van der Waals surface area contributed by atoms with Gasteiger partial charge in [0.25, 0.3) is 0 Å². The van der Waals surface area contributed by atoms with Gasteiger partial charge in [0.15, 0.2) is 0 Å². The highest BCUT2D eigenvalue weighted by Gasteiger charge is 2.26.